The molecule has 1 heterocycles. The van der Waals surface area contributed by atoms with Crippen molar-refractivity contribution in [2.75, 3.05) is 12.3 Å². The summed E-state index contributed by atoms with van der Waals surface area (Å²) >= 11 is 1.70. The van der Waals surface area contributed by atoms with Crippen LogP contribution in [0.5, 0.6) is 0 Å². The van der Waals surface area contributed by atoms with Gasteiger partial charge in [0.1, 0.15) is 5.25 Å². The summed E-state index contributed by atoms with van der Waals surface area (Å²) in [4.78, 5) is 12.4. The van der Waals surface area contributed by atoms with Crippen LogP contribution in [0, 0.1) is 0 Å². The molecule has 1 unspecified atom stereocenters. The number of fused-ring (bicyclic) bond motifs is 1. The van der Waals surface area contributed by atoms with E-state index in [0.29, 0.717) is 6.54 Å². The quantitative estimate of drug-likeness (QED) is 0.899. The Balaban J connectivity index is 1.66. The van der Waals surface area contributed by atoms with Crippen molar-refractivity contribution in [1.29, 1.82) is 0 Å². The number of thioether (sulfide) groups is 1. The van der Waals surface area contributed by atoms with Crippen LogP contribution in [-0.4, -0.2) is 28.9 Å². The van der Waals surface area contributed by atoms with Crippen molar-refractivity contribution in [3.8, 4) is 0 Å². The molecule has 1 saturated carbocycles. The number of nitrogens with one attached hydrogen (secondary N) is 1. The fourth-order valence-corrected chi connectivity index (χ4v) is 4.38. The second kappa shape index (κ2) is 5.78. The van der Waals surface area contributed by atoms with Gasteiger partial charge in [-0.3, -0.25) is 4.79 Å². The Morgan fingerprint density at radius 2 is 2.10 bits per heavy atom. The van der Waals surface area contributed by atoms with Gasteiger partial charge < -0.3 is 10.4 Å². The number of carbonyl (C=O) groups is 1. The lowest BCUT2D eigenvalue weighted by molar-refractivity contribution is -0.121. The highest BCUT2D eigenvalue weighted by Crippen LogP contribution is 2.37. The molecule has 1 atom stereocenters. The molecule has 1 fully saturated rings. The molecule has 0 saturated heterocycles. The van der Waals surface area contributed by atoms with Crippen molar-refractivity contribution in [3.63, 3.8) is 0 Å². The molecular formula is C16H21NO2S. The molecule has 3 rings (SSSR count). The maximum atomic E-state index is 12.4. The Hall–Kier alpha value is -1.00. The van der Waals surface area contributed by atoms with Gasteiger partial charge >= 0.3 is 0 Å². The van der Waals surface area contributed by atoms with Gasteiger partial charge in [0.25, 0.3) is 0 Å². The molecular weight excluding hydrogens is 270 g/mol. The first kappa shape index (κ1) is 14.0. The van der Waals surface area contributed by atoms with Gasteiger partial charge in [0.15, 0.2) is 0 Å². The van der Waals surface area contributed by atoms with Crippen LogP contribution in [-0.2, 0) is 11.2 Å². The van der Waals surface area contributed by atoms with Crippen LogP contribution < -0.4 is 5.32 Å². The van der Waals surface area contributed by atoms with Gasteiger partial charge in [-0.2, -0.15) is 0 Å². The molecule has 0 radical (unpaired) electrons. The van der Waals surface area contributed by atoms with Crippen molar-refractivity contribution in [3.05, 3.63) is 35.4 Å². The van der Waals surface area contributed by atoms with Crippen LogP contribution in [0.15, 0.2) is 24.3 Å². The third-order valence-electron chi connectivity index (χ3n) is 4.36. The van der Waals surface area contributed by atoms with E-state index in [1.165, 1.54) is 5.56 Å². The van der Waals surface area contributed by atoms with E-state index in [-0.39, 0.29) is 11.2 Å². The second-order valence-corrected chi connectivity index (χ2v) is 7.06. The van der Waals surface area contributed by atoms with Crippen molar-refractivity contribution in [2.24, 2.45) is 0 Å². The molecule has 20 heavy (non-hydrogen) atoms. The summed E-state index contributed by atoms with van der Waals surface area (Å²) in [5.41, 5.74) is 1.75. The largest absolute Gasteiger partial charge is 0.388 e. The highest BCUT2D eigenvalue weighted by molar-refractivity contribution is 8.00. The number of amides is 1. The number of aryl methyl sites for hydroxylation is 1. The summed E-state index contributed by atoms with van der Waals surface area (Å²) in [5.74, 6) is 1.03. The van der Waals surface area contributed by atoms with E-state index in [4.69, 9.17) is 0 Å². The molecule has 0 bridgehead atoms. The molecule has 1 aromatic rings. The lowest BCUT2D eigenvalue weighted by atomic mass is 10.00. The molecule has 0 spiro atoms. The van der Waals surface area contributed by atoms with Crippen LogP contribution in [0.1, 0.15) is 42.1 Å². The lowest BCUT2D eigenvalue weighted by Crippen LogP contribution is -2.42. The maximum absolute atomic E-state index is 12.4. The maximum Gasteiger partial charge on any atom is 0.237 e. The molecule has 0 aromatic heterocycles. The van der Waals surface area contributed by atoms with E-state index >= 15 is 0 Å². The molecule has 2 aliphatic rings. The zero-order valence-corrected chi connectivity index (χ0v) is 12.4. The van der Waals surface area contributed by atoms with E-state index < -0.39 is 5.60 Å². The molecule has 108 valence electrons. The summed E-state index contributed by atoms with van der Waals surface area (Å²) in [6.45, 7) is 0.394. The van der Waals surface area contributed by atoms with E-state index in [0.717, 1.165) is 43.4 Å². The fraction of sp³-hybridized carbons (Fsp3) is 0.562. The average molecular weight is 291 g/mol. The predicted molar refractivity (Wildman–Crippen MR) is 81.8 cm³/mol. The normalized spacial score (nSPS) is 24.1. The third-order valence-corrected chi connectivity index (χ3v) is 5.60. The Morgan fingerprint density at radius 1 is 1.35 bits per heavy atom. The second-order valence-electron chi connectivity index (χ2n) is 5.85. The molecule has 2 N–H and O–H groups in total. The topological polar surface area (TPSA) is 49.3 Å². The SMILES string of the molecule is O=C(NCC1(O)CCCC1)C1SCCc2ccccc21. The predicted octanol–water partition coefficient (Wildman–Crippen LogP) is 2.44. The average Bonchev–Trinajstić information content (AvgIpc) is 2.91. The van der Waals surface area contributed by atoms with E-state index in [1.807, 2.05) is 12.1 Å². The first-order valence-corrected chi connectivity index (χ1v) is 8.42. The van der Waals surface area contributed by atoms with E-state index in [9.17, 15) is 9.90 Å². The summed E-state index contributed by atoms with van der Waals surface area (Å²) in [7, 11) is 0. The van der Waals surface area contributed by atoms with Crippen molar-refractivity contribution in [2.45, 2.75) is 43.0 Å². The summed E-state index contributed by atoms with van der Waals surface area (Å²) in [6, 6.07) is 8.19. The third kappa shape index (κ3) is 2.86. The van der Waals surface area contributed by atoms with Crippen LogP contribution in [0.2, 0.25) is 0 Å². The van der Waals surface area contributed by atoms with Crippen LogP contribution >= 0.6 is 11.8 Å². The minimum Gasteiger partial charge on any atom is -0.388 e. The van der Waals surface area contributed by atoms with E-state index in [1.54, 1.807) is 11.8 Å². The Labute approximate surface area is 124 Å². The van der Waals surface area contributed by atoms with Crippen molar-refractivity contribution < 1.29 is 9.90 Å². The molecule has 1 aliphatic carbocycles. The van der Waals surface area contributed by atoms with Gasteiger partial charge in [-0.25, -0.2) is 0 Å². The minimum absolute atomic E-state index is 0.0440. The monoisotopic (exact) mass is 291 g/mol. The smallest absolute Gasteiger partial charge is 0.237 e. The van der Waals surface area contributed by atoms with Gasteiger partial charge in [-0.15, -0.1) is 11.8 Å². The number of hydrogen-bond acceptors (Lipinski definition) is 3. The van der Waals surface area contributed by atoms with Crippen molar-refractivity contribution >= 4 is 17.7 Å². The van der Waals surface area contributed by atoms with Gasteiger partial charge in [-0.1, -0.05) is 37.1 Å². The summed E-state index contributed by atoms with van der Waals surface area (Å²) < 4.78 is 0. The lowest BCUT2D eigenvalue weighted by Gasteiger charge is -2.27. The number of carbonyl (C=O) groups excluding carboxylic acids is 1. The zero-order chi connectivity index (χ0) is 14.0. The fourth-order valence-electron chi connectivity index (χ4n) is 3.17. The molecule has 4 heteroatoms. The molecule has 3 nitrogen and oxygen atoms in total. The van der Waals surface area contributed by atoms with Crippen LogP contribution in [0.3, 0.4) is 0 Å². The van der Waals surface area contributed by atoms with Gasteiger partial charge in [0.2, 0.25) is 5.91 Å². The number of rotatable bonds is 3. The zero-order valence-electron chi connectivity index (χ0n) is 11.6. The number of hydrogen-bond donors (Lipinski definition) is 2. The Bertz CT molecular complexity index is 497. The summed E-state index contributed by atoms with van der Waals surface area (Å²) in [5, 5.41) is 13.2. The first-order chi connectivity index (χ1) is 9.68. The van der Waals surface area contributed by atoms with Gasteiger partial charge in [0, 0.05) is 6.54 Å². The van der Waals surface area contributed by atoms with E-state index in [2.05, 4.69) is 17.4 Å². The molecule has 1 aliphatic heterocycles. The van der Waals surface area contributed by atoms with Crippen LogP contribution in [0.25, 0.3) is 0 Å². The number of benzene rings is 1. The number of aliphatic hydroxyl groups is 1. The Morgan fingerprint density at radius 3 is 2.90 bits per heavy atom. The Kier molecular flexibility index (Phi) is 4.03. The highest BCUT2D eigenvalue weighted by Gasteiger charge is 2.33. The van der Waals surface area contributed by atoms with Gasteiger partial charge in [0.05, 0.1) is 5.60 Å². The standard InChI is InChI=1S/C16H21NO2S/c18-15(17-11-16(19)8-3-4-9-16)14-13-6-2-1-5-12(13)7-10-20-14/h1-2,5-6,14,19H,3-4,7-11H2,(H,17,18). The van der Waals surface area contributed by atoms with Gasteiger partial charge in [-0.05, 0) is 36.1 Å². The molecule has 1 amide bonds. The first-order valence-electron chi connectivity index (χ1n) is 7.37. The highest BCUT2D eigenvalue weighted by atomic mass is 32.2. The molecule has 1 aromatic carbocycles. The van der Waals surface area contributed by atoms with Crippen LogP contribution in [0.4, 0.5) is 0 Å². The minimum atomic E-state index is -0.672. The summed E-state index contributed by atoms with van der Waals surface area (Å²) in [6.07, 6.45) is 4.78. The van der Waals surface area contributed by atoms with Crippen molar-refractivity contribution in [1.82, 2.24) is 5.32 Å².